The van der Waals surface area contributed by atoms with E-state index in [0.717, 1.165) is 24.3 Å². The summed E-state index contributed by atoms with van der Waals surface area (Å²) in [5.41, 5.74) is 1.27. The normalized spacial score (nSPS) is 11.0. The first-order chi connectivity index (χ1) is 9.90. The number of benzene rings is 1. The summed E-state index contributed by atoms with van der Waals surface area (Å²) in [5, 5.41) is 6.12. The van der Waals surface area contributed by atoms with Crippen LogP contribution < -0.4 is 10.6 Å². The summed E-state index contributed by atoms with van der Waals surface area (Å²) in [5.74, 6) is 0. The molecule has 1 aromatic rings. The van der Waals surface area contributed by atoms with Crippen molar-refractivity contribution in [1.29, 1.82) is 0 Å². The van der Waals surface area contributed by atoms with E-state index in [-0.39, 0.29) is 0 Å². The number of nitrogens with one attached hydrogen (secondary N) is 2. The van der Waals surface area contributed by atoms with Gasteiger partial charge in [-0.15, -0.1) is 0 Å². The summed E-state index contributed by atoms with van der Waals surface area (Å²) in [4.78, 5) is 11.7. The molecule has 4 nitrogen and oxygen atoms in total. The minimum Gasteiger partial charge on any atom is -0.444 e. The van der Waals surface area contributed by atoms with Gasteiger partial charge in [0.25, 0.3) is 0 Å². The van der Waals surface area contributed by atoms with Gasteiger partial charge in [-0.05, 0) is 45.4 Å². The highest BCUT2D eigenvalue weighted by Gasteiger charge is 2.16. The molecule has 0 radical (unpaired) electrons. The Kier molecular flexibility index (Phi) is 7.06. The van der Waals surface area contributed by atoms with Crippen LogP contribution in [-0.4, -0.2) is 18.2 Å². The van der Waals surface area contributed by atoms with Crippen LogP contribution in [0.15, 0.2) is 24.3 Å². The quantitative estimate of drug-likeness (QED) is 0.693. The van der Waals surface area contributed by atoms with Crippen LogP contribution in [-0.2, 0) is 4.74 Å². The van der Waals surface area contributed by atoms with Crippen LogP contribution in [0.4, 0.5) is 16.2 Å². The van der Waals surface area contributed by atoms with E-state index in [0.29, 0.717) is 0 Å². The minimum atomic E-state index is -0.487. The second-order valence-corrected chi connectivity index (χ2v) is 6.20. The van der Waals surface area contributed by atoms with Gasteiger partial charge in [0.15, 0.2) is 0 Å². The van der Waals surface area contributed by atoms with Crippen molar-refractivity contribution in [3.8, 4) is 0 Å². The van der Waals surface area contributed by atoms with Gasteiger partial charge in [-0.1, -0.05) is 32.3 Å². The maximum absolute atomic E-state index is 11.7. The number of anilines is 2. The maximum atomic E-state index is 11.7. The topological polar surface area (TPSA) is 50.4 Å². The molecule has 4 heteroatoms. The Bertz CT molecular complexity index is 439. The van der Waals surface area contributed by atoms with Crippen molar-refractivity contribution in [2.24, 2.45) is 0 Å². The molecule has 0 fully saturated rings. The lowest BCUT2D eigenvalue weighted by molar-refractivity contribution is 0.0636. The fourth-order valence-corrected chi connectivity index (χ4v) is 1.91. The van der Waals surface area contributed by atoms with Gasteiger partial charge in [-0.3, -0.25) is 5.32 Å². The first-order valence-corrected chi connectivity index (χ1v) is 7.74. The van der Waals surface area contributed by atoms with E-state index in [1.165, 1.54) is 19.3 Å². The van der Waals surface area contributed by atoms with Gasteiger partial charge in [0.2, 0.25) is 0 Å². The van der Waals surface area contributed by atoms with E-state index in [1.807, 2.05) is 45.0 Å². The predicted octanol–water partition coefficient (Wildman–Crippen LogP) is 5.03. The molecule has 0 heterocycles. The fraction of sp³-hybridized carbons (Fsp3) is 0.588. The molecule has 1 rings (SSSR count). The van der Waals surface area contributed by atoms with Gasteiger partial charge in [-0.25, -0.2) is 4.79 Å². The summed E-state index contributed by atoms with van der Waals surface area (Å²) in [6.45, 7) is 8.71. The number of ether oxygens (including phenoxy) is 1. The molecule has 0 saturated heterocycles. The Morgan fingerprint density at radius 1 is 1.14 bits per heavy atom. The Balaban J connectivity index is 2.43. The second kappa shape index (κ2) is 8.55. The molecule has 0 spiro atoms. The van der Waals surface area contributed by atoms with Gasteiger partial charge < -0.3 is 10.1 Å². The van der Waals surface area contributed by atoms with Crippen LogP contribution in [0.3, 0.4) is 0 Å². The molecular formula is C17H28N2O2. The van der Waals surface area contributed by atoms with Gasteiger partial charge in [0, 0.05) is 17.9 Å². The Morgan fingerprint density at radius 2 is 1.86 bits per heavy atom. The van der Waals surface area contributed by atoms with Crippen LogP contribution in [0.5, 0.6) is 0 Å². The van der Waals surface area contributed by atoms with Crippen molar-refractivity contribution in [3.05, 3.63) is 24.3 Å². The van der Waals surface area contributed by atoms with Crippen LogP contribution in [0, 0.1) is 0 Å². The Hall–Kier alpha value is -1.71. The number of hydrogen-bond donors (Lipinski definition) is 2. The lowest BCUT2D eigenvalue weighted by Gasteiger charge is -2.19. The zero-order valence-electron chi connectivity index (χ0n) is 13.7. The first-order valence-electron chi connectivity index (χ1n) is 7.74. The first kappa shape index (κ1) is 17.3. The number of rotatable bonds is 7. The van der Waals surface area contributed by atoms with Crippen LogP contribution in [0.25, 0.3) is 0 Å². The minimum absolute atomic E-state index is 0.428. The summed E-state index contributed by atoms with van der Waals surface area (Å²) >= 11 is 0. The largest absolute Gasteiger partial charge is 0.444 e. The summed E-state index contributed by atoms with van der Waals surface area (Å²) in [6, 6.07) is 7.69. The van der Waals surface area contributed by atoms with Crippen molar-refractivity contribution < 1.29 is 9.53 Å². The van der Waals surface area contributed by atoms with Crippen molar-refractivity contribution in [3.63, 3.8) is 0 Å². The highest BCUT2D eigenvalue weighted by atomic mass is 16.6. The number of amides is 1. The van der Waals surface area contributed by atoms with E-state index in [1.54, 1.807) is 0 Å². The van der Waals surface area contributed by atoms with Crippen molar-refractivity contribution in [1.82, 2.24) is 0 Å². The molecule has 0 bridgehead atoms. The number of carbonyl (C=O) groups is 1. The highest BCUT2D eigenvalue weighted by molar-refractivity contribution is 5.85. The molecule has 0 aliphatic rings. The average molecular weight is 292 g/mol. The second-order valence-electron chi connectivity index (χ2n) is 6.20. The molecular weight excluding hydrogens is 264 g/mol. The summed E-state index contributed by atoms with van der Waals surface area (Å²) in [7, 11) is 0. The van der Waals surface area contributed by atoms with Crippen LogP contribution in [0.1, 0.15) is 53.4 Å². The van der Waals surface area contributed by atoms with E-state index in [2.05, 4.69) is 17.6 Å². The molecule has 0 aromatic heterocycles. The van der Waals surface area contributed by atoms with Gasteiger partial charge >= 0.3 is 6.09 Å². The zero-order chi connectivity index (χ0) is 15.7. The van der Waals surface area contributed by atoms with Gasteiger partial charge in [-0.2, -0.15) is 0 Å². The Labute approximate surface area is 128 Å². The molecule has 0 unspecified atom stereocenters. The molecule has 118 valence electrons. The SMILES string of the molecule is CCCCCCNc1cccc(NC(=O)OC(C)(C)C)c1. The van der Waals surface area contributed by atoms with Crippen LogP contribution in [0.2, 0.25) is 0 Å². The summed E-state index contributed by atoms with van der Waals surface area (Å²) in [6.07, 6.45) is 4.51. The molecule has 21 heavy (non-hydrogen) atoms. The summed E-state index contributed by atoms with van der Waals surface area (Å²) < 4.78 is 5.24. The fourth-order valence-electron chi connectivity index (χ4n) is 1.91. The average Bonchev–Trinajstić information content (AvgIpc) is 2.36. The third kappa shape index (κ3) is 8.23. The molecule has 0 aliphatic carbocycles. The highest BCUT2D eigenvalue weighted by Crippen LogP contribution is 2.17. The standard InChI is InChI=1S/C17H28N2O2/c1-5-6-7-8-12-18-14-10-9-11-15(13-14)19-16(20)21-17(2,3)4/h9-11,13,18H,5-8,12H2,1-4H3,(H,19,20). The monoisotopic (exact) mass is 292 g/mol. The third-order valence-corrected chi connectivity index (χ3v) is 2.87. The smallest absolute Gasteiger partial charge is 0.412 e. The predicted molar refractivity (Wildman–Crippen MR) is 88.9 cm³/mol. The van der Waals surface area contributed by atoms with Gasteiger partial charge in [0.1, 0.15) is 5.60 Å². The molecule has 1 aromatic carbocycles. The van der Waals surface area contributed by atoms with Crippen LogP contribution >= 0.6 is 0 Å². The maximum Gasteiger partial charge on any atom is 0.412 e. The molecule has 0 atom stereocenters. The number of hydrogen-bond acceptors (Lipinski definition) is 3. The van der Waals surface area contributed by atoms with Gasteiger partial charge in [0.05, 0.1) is 0 Å². The number of unbranched alkanes of at least 4 members (excludes halogenated alkanes) is 3. The Morgan fingerprint density at radius 3 is 2.52 bits per heavy atom. The van der Waals surface area contributed by atoms with E-state index >= 15 is 0 Å². The number of carbonyl (C=O) groups excluding carboxylic acids is 1. The molecule has 2 N–H and O–H groups in total. The van der Waals surface area contributed by atoms with E-state index < -0.39 is 11.7 Å². The molecule has 1 amide bonds. The van der Waals surface area contributed by atoms with Crippen molar-refractivity contribution >= 4 is 17.5 Å². The van der Waals surface area contributed by atoms with E-state index in [9.17, 15) is 4.79 Å². The van der Waals surface area contributed by atoms with Crippen molar-refractivity contribution in [2.45, 2.75) is 59.0 Å². The lowest BCUT2D eigenvalue weighted by Crippen LogP contribution is -2.27. The zero-order valence-corrected chi connectivity index (χ0v) is 13.7. The molecule has 0 aliphatic heterocycles. The third-order valence-electron chi connectivity index (χ3n) is 2.87. The van der Waals surface area contributed by atoms with E-state index in [4.69, 9.17) is 4.74 Å². The molecule has 0 saturated carbocycles. The van der Waals surface area contributed by atoms with Crippen molar-refractivity contribution in [2.75, 3.05) is 17.2 Å². The lowest BCUT2D eigenvalue weighted by atomic mass is 10.2.